The van der Waals surface area contributed by atoms with Gasteiger partial charge < -0.3 is 9.47 Å². The highest BCUT2D eigenvalue weighted by molar-refractivity contribution is 9.12. The van der Waals surface area contributed by atoms with E-state index in [1.807, 2.05) is 0 Å². The number of thiophene rings is 1. The van der Waals surface area contributed by atoms with Gasteiger partial charge in [-0.3, -0.25) is 4.55 Å². The molecule has 5 nitrogen and oxygen atoms in total. The third-order valence-corrected chi connectivity index (χ3v) is 5.87. The maximum absolute atomic E-state index is 11.4. The lowest BCUT2D eigenvalue weighted by atomic mass is 10.2. The van der Waals surface area contributed by atoms with E-state index in [1.54, 1.807) is 0 Å². The van der Waals surface area contributed by atoms with Crippen LogP contribution in [0.1, 0.15) is 0 Å². The second-order valence-electron chi connectivity index (χ2n) is 3.48. The molecule has 0 unspecified atom stereocenters. The smallest absolute Gasteiger partial charge is 0.298 e. The molecule has 0 amide bonds. The zero-order valence-electron chi connectivity index (χ0n) is 9.73. The lowest BCUT2D eigenvalue weighted by molar-refractivity contribution is 0.395. The topological polar surface area (TPSA) is 72.8 Å². The van der Waals surface area contributed by atoms with Crippen molar-refractivity contribution in [3.63, 3.8) is 0 Å². The average Bonchev–Trinajstić information content (AvgIpc) is 2.62. The minimum atomic E-state index is -4.41. The Morgan fingerprint density at radius 2 is 1.74 bits per heavy atom. The molecule has 1 aromatic heterocycles. The predicted molar refractivity (Wildman–Crippen MR) is 80.1 cm³/mol. The highest BCUT2D eigenvalue weighted by atomic mass is 79.9. The minimum absolute atomic E-state index is 0.0760. The van der Waals surface area contributed by atoms with E-state index < -0.39 is 10.1 Å². The van der Waals surface area contributed by atoms with Gasteiger partial charge in [0.05, 0.1) is 32.6 Å². The Kier molecular flexibility index (Phi) is 4.12. The highest BCUT2D eigenvalue weighted by Crippen LogP contribution is 2.50. The summed E-state index contributed by atoms with van der Waals surface area (Å²) in [5.41, 5.74) is 0. The molecule has 0 saturated carbocycles. The largest absolute Gasteiger partial charge is 0.496 e. The maximum atomic E-state index is 11.4. The van der Waals surface area contributed by atoms with Gasteiger partial charge in [0.25, 0.3) is 10.1 Å². The first-order chi connectivity index (χ1) is 8.81. The van der Waals surface area contributed by atoms with E-state index in [1.165, 1.54) is 31.6 Å². The van der Waals surface area contributed by atoms with Gasteiger partial charge in [0.1, 0.15) is 16.4 Å². The molecule has 0 fully saturated rings. The quantitative estimate of drug-likeness (QED) is 0.750. The van der Waals surface area contributed by atoms with Crippen LogP contribution in [0.25, 0.3) is 10.8 Å². The fourth-order valence-electron chi connectivity index (χ4n) is 1.74. The molecule has 0 atom stereocenters. The fraction of sp³-hybridized carbons (Fsp3) is 0.200. The SMILES string of the molecule is COc1cc(S(=O)(=O)O)c(OC)c2c(Br)sc(Br)c12. The van der Waals surface area contributed by atoms with Crippen molar-refractivity contribution in [2.45, 2.75) is 4.90 Å². The van der Waals surface area contributed by atoms with Gasteiger partial charge in [-0.15, -0.1) is 11.3 Å². The Morgan fingerprint density at radius 3 is 2.21 bits per heavy atom. The van der Waals surface area contributed by atoms with E-state index in [9.17, 15) is 13.0 Å². The van der Waals surface area contributed by atoms with Crippen molar-refractivity contribution in [3.8, 4) is 11.5 Å². The Morgan fingerprint density at radius 1 is 1.16 bits per heavy atom. The van der Waals surface area contributed by atoms with Crippen LogP contribution in [0.15, 0.2) is 18.5 Å². The van der Waals surface area contributed by atoms with Crippen LogP contribution in [0.2, 0.25) is 0 Å². The standard InChI is InChI=1S/C10H8Br2O5S2/c1-16-4-3-5(19(13,14)15)8(17-2)7-6(4)9(11)18-10(7)12/h3H,1-2H3,(H,13,14,15). The minimum Gasteiger partial charge on any atom is -0.496 e. The normalized spacial score (nSPS) is 11.8. The third-order valence-electron chi connectivity index (χ3n) is 2.48. The number of hydrogen-bond donors (Lipinski definition) is 1. The van der Waals surface area contributed by atoms with Crippen molar-refractivity contribution >= 4 is 64.1 Å². The first kappa shape index (κ1) is 15.0. The Balaban J connectivity index is 3.06. The summed E-state index contributed by atoms with van der Waals surface area (Å²) in [5.74, 6) is 0.407. The van der Waals surface area contributed by atoms with Crippen LogP contribution in [0.4, 0.5) is 0 Å². The summed E-state index contributed by atoms with van der Waals surface area (Å²) >= 11 is 8.10. The molecule has 9 heteroatoms. The maximum Gasteiger partial charge on any atom is 0.298 e. The van der Waals surface area contributed by atoms with Gasteiger partial charge in [0.2, 0.25) is 0 Å². The summed E-state index contributed by atoms with van der Waals surface area (Å²) in [6.07, 6.45) is 0. The predicted octanol–water partition coefficient (Wildman–Crippen LogP) is 3.69. The molecule has 1 N–H and O–H groups in total. The molecule has 104 valence electrons. The van der Waals surface area contributed by atoms with Crippen LogP contribution in [-0.2, 0) is 10.1 Å². The number of hydrogen-bond acceptors (Lipinski definition) is 5. The molecule has 0 bridgehead atoms. The summed E-state index contributed by atoms with van der Waals surface area (Å²) in [6, 6.07) is 1.24. The van der Waals surface area contributed by atoms with E-state index in [0.717, 1.165) is 3.79 Å². The van der Waals surface area contributed by atoms with Gasteiger partial charge in [-0.2, -0.15) is 8.42 Å². The van der Waals surface area contributed by atoms with E-state index >= 15 is 0 Å². The molecule has 0 radical (unpaired) electrons. The average molecular weight is 432 g/mol. The molecule has 0 aliphatic carbocycles. The van der Waals surface area contributed by atoms with Crippen LogP contribution < -0.4 is 9.47 Å². The van der Waals surface area contributed by atoms with Crippen molar-refractivity contribution < 1.29 is 22.4 Å². The molecule has 0 aliphatic heterocycles. The summed E-state index contributed by atoms with van der Waals surface area (Å²) in [6.45, 7) is 0. The van der Waals surface area contributed by atoms with Gasteiger partial charge in [-0.25, -0.2) is 0 Å². The van der Waals surface area contributed by atoms with Gasteiger partial charge in [-0.05, 0) is 31.9 Å². The summed E-state index contributed by atoms with van der Waals surface area (Å²) in [5, 5.41) is 1.22. The Hall–Kier alpha value is -0.350. The summed E-state index contributed by atoms with van der Waals surface area (Å²) in [7, 11) is -1.65. The second kappa shape index (κ2) is 5.21. The number of rotatable bonds is 3. The van der Waals surface area contributed by atoms with Gasteiger partial charge in [-0.1, -0.05) is 0 Å². The fourth-order valence-corrected chi connectivity index (χ4v) is 5.56. The van der Waals surface area contributed by atoms with Crippen LogP contribution in [-0.4, -0.2) is 27.2 Å². The van der Waals surface area contributed by atoms with Crippen LogP contribution in [0.5, 0.6) is 11.5 Å². The second-order valence-corrected chi connectivity index (χ2v) is 8.53. The Labute approximate surface area is 130 Å². The van der Waals surface area contributed by atoms with Crippen LogP contribution in [0.3, 0.4) is 0 Å². The van der Waals surface area contributed by atoms with Crippen LogP contribution in [0, 0.1) is 0 Å². The molecule has 1 heterocycles. The van der Waals surface area contributed by atoms with Crippen molar-refractivity contribution in [2.24, 2.45) is 0 Å². The molecule has 19 heavy (non-hydrogen) atoms. The molecule has 2 aromatic rings. The first-order valence-electron chi connectivity index (χ1n) is 4.81. The molecule has 2 rings (SSSR count). The summed E-state index contributed by atoms with van der Waals surface area (Å²) in [4.78, 5) is -0.328. The van der Waals surface area contributed by atoms with Gasteiger partial charge in [0, 0.05) is 6.07 Å². The number of benzene rings is 1. The van der Waals surface area contributed by atoms with E-state index in [-0.39, 0.29) is 10.6 Å². The zero-order valence-corrected chi connectivity index (χ0v) is 14.5. The number of ether oxygens (including phenoxy) is 2. The third kappa shape index (κ3) is 2.49. The van der Waals surface area contributed by atoms with E-state index in [0.29, 0.717) is 20.3 Å². The summed E-state index contributed by atoms with van der Waals surface area (Å²) < 4.78 is 43.9. The van der Waals surface area contributed by atoms with Crippen molar-refractivity contribution in [1.29, 1.82) is 0 Å². The lowest BCUT2D eigenvalue weighted by Crippen LogP contribution is -2.03. The molecule has 0 saturated heterocycles. The monoisotopic (exact) mass is 430 g/mol. The number of fused-ring (bicyclic) bond motifs is 1. The van der Waals surface area contributed by atoms with Crippen molar-refractivity contribution in [2.75, 3.05) is 14.2 Å². The molecular weight excluding hydrogens is 424 g/mol. The molecule has 0 spiro atoms. The van der Waals surface area contributed by atoms with E-state index in [4.69, 9.17) is 9.47 Å². The van der Waals surface area contributed by atoms with Gasteiger partial charge >= 0.3 is 0 Å². The van der Waals surface area contributed by atoms with Crippen molar-refractivity contribution in [1.82, 2.24) is 0 Å². The van der Waals surface area contributed by atoms with E-state index in [2.05, 4.69) is 31.9 Å². The van der Waals surface area contributed by atoms with Gasteiger partial charge in [0.15, 0.2) is 0 Å². The molecule has 0 aliphatic rings. The molecule has 1 aromatic carbocycles. The molecular formula is C10H8Br2O5S2. The lowest BCUT2D eigenvalue weighted by Gasteiger charge is -2.11. The van der Waals surface area contributed by atoms with Crippen LogP contribution >= 0.6 is 43.2 Å². The highest BCUT2D eigenvalue weighted by Gasteiger charge is 2.26. The number of methoxy groups -OCH3 is 2. The zero-order chi connectivity index (χ0) is 14.4. The number of halogens is 2. The van der Waals surface area contributed by atoms with Crippen molar-refractivity contribution in [3.05, 3.63) is 13.6 Å². The Bertz CT molecular complexity index is 751. The first-order valence-corrected chi connectivity index (χ1v) is 8.65.